The van der Waals surface area contributed by atoms with Gasteiger partial charge in [0.2, 0.25) is 0 Å². The largest absolute Gasteiger partial charge is 0.349 e. The first-order valence-corrected chi connectivity index (χ1v) is 5.31. The molecular formula is C8H19BN2S. The van der Waals surface area contributed by atoms with Crippen LogP contribution in [0.25, 0.3) is 0 Å². The molecular weight excluding hydrogens is 167 g/mol. The third kappa shape index (κ3) is 4.38. The Bertz CT molecular complexity index is 97.6. The van der Waals surface area contributed by atoms with Gasteiger partial charge in [0.05, 0.1) is 0 Å². The third-order valence-corrected chi connectivity index (χ3v) is 2.81. The van der Waals surface area contributed by atoms with Crippen LogP contribution in [-0.4, -0.2) is 43.3 Å². The predicted molar refractivity (Wildman–Crippen MR) is 59.1 cm³/mol. The third-order valence-electron chi connectivity index (χ3n) is 2.41. The fourth-order valence-corrected chi connectivity index (χ4v) is 1.86. The predicted octanol–water partition coefficient (Wildman–Crippen LogP) is 0.557. The monoisotopic (exact) mass is 186 g/mol. The molecule has 0 bridgehead atoms. The molecule has 0 unspecified atom stereocenters. The van der Waals surface area contributed by atoms with E-state index >= 15 is 0 Å². The van der Waals surface area contributed by atoms with Crippen LogP contribution in [0.2, 0.25) is 0 Å². The lowest BCUT2D eigenvalue weighted by atomic mass is 10.1. The summed E-state index contributed by atoms with van der Waals surface area (Å²) in [5.41, 5.74) is 0. The highest BCUT2D eigenvalue weighted by Crippen LogP contribution is 2.05. The summed E-state index contributed by atoms with van der Waals surface area (Å²) in [6, 6.07) is 0. The molecule has 70 valence electrons. The Hall–Kier alpha value is 0.335. The minimum absolute atomic E-state index is 1.15. The van der Waals surface area contributed by atoms with E-state index in [2.05, 4.69) is 29.9 Å². The van der Waals surface area contributed by atoms with Crippen LogP contribution in [0, 0.1) is 0 Å². The molecule has 12 heavy (non-hydrogen) atoms. The van der Waals surface area contributed by atoms with Crippen LogP contribution in [0.3, 0.4) is 0 Å². The normalized spacial score (nSPS) is 25.4. The van der Waals surface area contributed by atoms with E-state index in [1.807, 2.05) is 0 Å². The zero-order chi connectivity index (χ0) is 8.81. The maximum atomic E-state index is 4.40. The molecule has 2 nitrogen and oxygen atoms in total. The first-order valence-electron chi connectivity index (χ1n) is 4.91. The van der Waals surface area contributed by atoms with Gasteiger partial charge in [0.15, 0.2) is 7.98 Å². The van der Waals surface area contributed by atoms with E-state index in [9.17, 15) is 0 Å². The molecule has 1 rings (SSSR count). The Morgan fingerprint density at radius 1 is 0.833 bits per heavy atom. The Balaban J connectivity index is 2.20. The van der Waals surface area contributed by atoms with Crippen molar-refractivity contribution in [3.05, 3.63) is 0 Å². The molecule has 0 radical (unpaired) electrons. The second-order valence-electron chi connectivity index (χ2n) is 3.67. The first-order chi connectivity index (χ1) is 5.79. The summed E-state index contributed by atoms with van der Waals surface area (Å²) in [5, 5.41) is 0. The summed E-state index contributed by atoms with van der Waals surface area (Å²) < 4.78 is 2.16. The molecule has 0 aliphatic carbocycles. The van der Waals surface area contributed by atoms with Gasteiger partial charge in [-0.15, -0.1) is 0 Å². The molecule has 0 aromatic heterocycles. The van der Waals surface area contributed by atoms with Crippen LogP contribution < -0.4 is 0 Å². The minimum Gasteiger partial charge on any atom is -0.349 e. The first kappa shape index (κ1) is 10.4. The van der Waals surface area contributed by atoms with Crippen molar-refractivity contribution in [2.45, 2.75) is 25.7 Å². The Morgan fingerprint density at radius 2 is 1.25 bits per heavy atom. The van der Waals surface area contributed by atoms with Crippen molar-refractivity contribution in [1.82, 2.24) is 9.12 Å². The Kier molecular flexibility index (Phi) is 5.11. The summed E-state index contributed by atoms with van der Waals surface area (Å²) in [7, 11) is 2.22. The summed E-state index contributed by atoms with van der Waals surface area (Å²) in [6.45, 7) is 4.80. The molecule has 1 fully saturated rings. The van der Waals surface area contributed by atoms with Crippen molar-refractivity contribution < 1.29 is 0 Å². The van der Waals surface area contributed by atoms with Crippen LogP contribution in [0.15, 0.2) is 0 Å². The number of hydrogen-bond acceptors (Lipinski definition) is 3. The van der Waals surface area contributed by atoms with Crippen LogP contribution in [0.5, 0.6) is 0 Å². The molecule has 0 amide bonds. The van der Waals surface area contributed by atoms with Gasteiger partial charge in [-0.25, -0.2) is 0 Å². The smallest absolute Gasteiger partial charge is 0.185 e. The summed E-state index contributed by atoms with van der Waals surface area (Å²) in [6.07, 6.45) is 5.20. The fraction of sp³-hybridized carbons (Fsp3) is 1.00. The summed E-state index contributed by atoms with van der Waals surface area (Å²) in [4.78, 5) is 2.44. The average Bonchev–Trinajstić information content (AvgIpc) is 2.06. The van der Waals surface area contributed by atoms with Gasteiger partial charge in [0.1, 0.15) is 0 Å². The van der Waals surface area contributed by atoms with E-state index in [1.165, 1.54) is 38.8 Å². The van der Waals surface area contributed by atoms with Gasteiger partial charge in [0.25, 0.3) is 0 Å². The van der Waals surface area contributed by atoms with Crippen LogP contribution in [-0.2, 0) is 0 Å². The van der Waals surface area contributed by atoms with Crippen molar-refractivity contribution in [3.63, 3.8) is 0 Å². The Morgan fingerprint density at radius 3 is 1.75 bits per heavy atom. The van der Waals surface area contributed by atoms with Crippen LogP contribution >= 0.6 is 12.8 Å². The highest BCUT2D eigenvalue weighted by atomic mass is 32.1. The number of thiol groups is 1. The van der Waals surface area contributed by atoms with E-state index in [-0.39, 0.29) is 0 Å². The molecule has 0 spiro atoms. The average molecular weight is 186 g/mol. The number of nitrogens with zero attached hydrogens (tertiary/aromatic N) is 2. The second-order valence-corrected chi connectivity index (χ2v) is 4.24. The van der Waals surface area contributed by atoms with Gasteiger partial charge in [-0.3, -0.25) is 4.31 Å². The summed E-state index contributed by atoms with van der Waals surface area (Å²) >= 11 is 4.40. The topological polar surface area (TPSA) is 6.48 Å². The van der Waals surface area contributed by atoms with Crippen LogP contribution in [0.4, 0.5) is 0 Å². The molecule has 1 saturated heterocycles. The van der Waals surface area contributed by atoms with E-state index in [0.29, 0.717) is 0 Å². The molecule has 1 aliphatic heterocycles. The highest BCUT2D eigenvalue weighted by molar-refractivity contribution is 7.77. The van der Waals surface area contributed by atoms with E-state index < -0.39 is 0 Å². The highest BCUT2D eigenvalue weighted by Gasteiger charge is 2.04. The van der Waals surface area contributed by atoms with E-state index in [4.69, 9.17) is 0 Å². The van der Waals surface area contributed by atoms with Crippen molar-refractivity contribution >= 4 is 20.8 Å². The lowest BCUT2D eigenvalue weighted by Gasteiger charge is -2.21. The van der Waals surface area contributed by atoms with Crippen LogP contribution in [0.1, 0.15) is 25.7 Å². The number of rotatable bonds is 0. The zero-order valence-electron chi connectivity index (χ0n) is 8.00. The second kappa shape index (κ2) is 5.89. The SMILES string of the molecule is BN1CCCCN(S)CCCC1. The number of hydrogen-bond donors (Lipinski definition) is 1. The lowest BCUT2D eigenvalue weighted by molar-refractivity contribution is 0.360. The van der Waals surface area contributed by atoms with Gasteiger partial charge in [0, 0.05) is 13.1 Å². The molecule has 0 saturated carbocycles. The fourth-order valence-electron chi connectivity index (χ4n) is 1.58. The maximum Gasteiger partial charge on any atom is 0.185 e. The lowest BCUT2D eigenvalue weighted by Crippen LogP contribution is -2.26. The van der Waals surface area contributed by atoms with Gasteiger partial charge < -0.3 is 4.81 Å². The van der Waals surface area contributed by atoms with Gasteiger partial charge in [-0.1, -0.05) is 12.8 Å². The van der Waals surface area contributed by atoms with Crippen molar-refractivity contribution in [2.75, 3.05) is 26.2 Å². The minimum atomic E-state index is 1.15. The zero-order valence-corrected chi connectivity index (χ0v) is 8.89. The van der Waals surface area contributed by atoms with Crippen molar-refractivity contribution in [2.24, 2.45) is 0 Å². The van der Waals surface area contributed by atoms with Gasteiger partial charge in [-0.2, -0.15) is 0 Å². The Labute approximate surface area is 82.3 Å². The van der Waals surface area contributed by atoms with Crippen molar-refractivity contribution in [3.8, 4) is 0 Å². The molecule has 0 aromatic rings. The molecule has 0 atom stereocenters. The molecule has 0 aromatic carbocycles. The quantitative estimate of drug-likeness (QED) is 0.436. The van der Waals surface area contributed by atoms with Gasteiger partial charge >= 0.3 is 0 Å². The van der Waals surface area contributed by atoms with Gasteiger partial charge in [-0.05, 0) is 38.8 Å². The molecule has 0 N–H and O–H groups in total. The van der Waals surface area contributed by atoms with E-state index in [1.54, 1.807) is 0 Å². The summed E-state index contributed by atoms with van der Waals surface area (Å²) in [5.74, 6) is 0. The maximum absolute atomic E-state index is 4.40. The van der Waals surface area contributed by atoms with Crippen molar-refractivity contribution in [1.29, 1.82) is 0 Å². The van der Waals surface area contributed by atoms with E-state index in [0.717, 1.165) is 13.1 Å². The standard InChI is InChI=1S/C8H19BN2S/c9-10-5-1-3-7-11(12)8-4-2-6-10/h12H,1-9H2. The molecule has 4 heteroatoms. The molecule has 1 aliphatic rings. The molecule has 1 heterocycles.